The summed E-state index contributed by atoms with van der Waals surface area (Å²) < 4.78 is 5.09. The number of carbonyl (C=O) groups excluding carboxylic acids is 3. The Kier molecular flexibility index (Phi) is 14.7. The molecule has 0 aromatic heterocycles. The van der Waals surface area contributed by atoms with Gasteiger partial charge in [-0.15, -0.1) is 6.42 Å². The van der Waals surface area contributed by atoms with Crippen LogP contribution in [-0.2, 0) is 25.5 Å². The Hall–Kier alpha value is -1.99. The van der Waals surface area contributed by atoms with E-state index >= 15 is 0 Å². The maximum absolute atomic E-state index is 12.1. The van der Waals surface area contributed by atoms with Crippen LogP contribution in [0.1, 0.15) is 38.7 Å². The van der Waals surface area contributed by atoms with Gasteiger partial charge in [-0.05, 0) is 36.5 Å². The van der Waals surface area contributed by atoms with Gasteiger partial charge in [-0.1, -0.05) is 61.5 Å². The fraction of sp³-hybridized carbons (Fsp3) is 0.375. The largest absolute Gasteiger partial charge is 1.00 e. The van der Waals surface area contributed by atoms with Gasteiger partial charge in [0.2, 0.25) is 5.91 Å². The second kappa shape index (κ2) is 15.8. The normalized spacial score (nSPS) is 11.8. The molecule has 0 saturated carbocycles. The van der Waals surface area contributed by atoms with Gasteiger partial charge in [0.05, 0.1) is 12.5 Å². The Labute approximate surface area is 206 Å². The standard InChI is InChI=1S/C24H28NO4.Na.H2O/c1-3-29-24(28)18(2)16-22(25-23(27)10-7-15-26)17-19-11-13-21(14-12-19)20-8-5-4-6-9-20;;/h4-6,8-9,11-14,18,22H,3,7,10,16-17H2,1-2H3,(H,25,27);;1H2/q-1;+1;/p-1/t18-,22?;;/m1../s1. The molecule has 0 fully saturated rings. The van der Waals surface area contributed by atoms with E-state index in [1.807, 2.05) is 30.3 Å². The van der Waals surface area contributed by atoms with Crippen molar-refractivity contribution in [1.82, 2.24) is 5.32 Å². The second-order valence-corrected chi connectivity index (χ2v) is 7.06. The van der Waals surface area contributed by atoms with Gasteiger partial charge in [-0.25, -0.2) is 0 Å². The van der Waals surface area contributed by atoms with Gasteiger partial charge in [-0.3, -0.25) is 15.9 Å². The Balaban J connectivity index is 0.00000450. The molecule has 1 amide bonds. The predicted molar refractivity (Wildman–Crippen MR) is 115 cm³/mol. The van der Waals surface area contributed by atoms with E-state index in [9.17, 15) is 14.4 Å². The molecule has 2 atom stereocenters. The summed E-state index contributed by atoms with van der Waals surface area (Å²) in [7, 11) is 0. The SMILES string of the molecule is CCOC(=O)[C@H](C)CC(Cc1ccc(-c2ccccc2)cc1)NC(=O)CC[C-]=O.[Na+].[OH-]. The molecule has 2 aromatic carbocycles. The van der Waals surface area contributed by atoms with Crippen LogP contribution in [0.5, 0.6) is 0 Å². The zero-order valence-electron chi connectivity index (χ0n) is 18.5. The van der Waals surface area contributed by atoms with Crippen LogP contribution in [0.15, 0.2) is 54.6 Å². The summed E-state index contributed by atoms with van der Waals surface area (Å²) in [4.78, 5) is 34.5. The third kappa shape index (κ3) is 10.2. The molecule has 0 bridgehead atoms. The minimum Gasteiger partial charge on any atom is -0.870 e. The maximum Gasteiger partial charge on any atom is 1.00 e. The Morgan fingerprint density at radius 2 is 1.65 bits per heavy atom. The van der Waals surface area contributed by atoms with Crippen molar-refractivity contribution in [2.75, 3.05) is 6.61 Å². The van der Waals surface area contributed by atoms with Gasteiger partial charge in [0, 0.05) is 12.5 Å². The molecule has 0 aliphatic carbocycles. The van der Waals surface area contributed by atoms with Crippen LogP contribution in [0.25, 0.3) is 11.1 Å². The summed E-state index contributed by atoms with van der Waals surface area (Å²) in [5.74, 6) is -0.816. The topological polar surface area (TPSA) is 102 Å². The van der Waals surface area contributed by atoms with E-state index in [2.05, 4.69) is 29.6 Å². The molecule has 0 spiro atoms. The molecule has 162 valence electrons. The summed E-state index contributed by atoms with van der Waals surface area (Å²) in [5, 5.41) is 2.95. The number of nitrogens with one attached hydrogen (secondary N) is 1. The maximum atomic E-state index is 12.1. The molecule has 0 radical (unpaired) electrons. The zero-order valence-corrected chi connectivity index (χ0v) is 20.5. The smallest absolute Gasteiger partial charge is 0.870 e. The van der Waals surface area contributed by atoms with E-state index in [0.29, 0.717) is 19.4 Å². The van der Waals surface area contributed by atoms with Gasteiger partial charge in [0.1, 0.15) is 0 Å². The average molecular weight is 434 g/mol. The van der Waals surface area contributed by atoms with Crippen molar-refractivity contribution in [1.29, 1.82) is 0 Å². The monoisotopic (exact) mass is 434 g/mol. The number of rotatable bonds is 11. The molecule has 1 unspecified atom stereocenters. The third-order valence-corrected chi connectivity index (χ3v) is 4.69. The fourth-order valence-electron chi connectivity index (χ4n) is 3.21. The van der Waals surface area contributed by atoms with Crippen LogP contribution in [-0.4, -0.2) is 36.3 Å². The van der Waals surface area contributed by atoms with Crippen molar-refractivity contribution in [3.05, 3.63) is 60.2 Å². The van der Waals surface area contributed by atoms with Crippen molar-refractivity contribution in [2.24, 2.45) is 5.92 Å². The van der Waals surface area contributed by atoms with Crippen molar-refractivity contribution in [2.45, 2.75) is 45.6 Å². The first-order chi connectivity index (χ1) is 14.0. The number of hydrogen-bond donors (Lipinski definition) is 1. The molecular formula is C24H29NNaO5-. The van der Waals surface area contributed by atoms with Crippen LogP contribution in [0, 0.1) is 5.92 Å². The molecule has 0 heterocycles. The fourth-order valence-corrected chi connectivity index (χ4v) is 3.21. The number of ether oxygens (including phenoxy) is 1. The quantitative estimate of drug-likeness (QED) is 0.318. The third-order valence-electron chi connectivity index (χ3n) is 4.69. The Bertz CT molecular complexity index is 795. The van der Waals surface area contributed by atoms with E-state index in [-0.39, 0.29) is 71.7 Å². The van der Waals surface area contributed by atoms with E-state index in [4.69, 9.17) is 4.74 Å². The number of benzene rings is 2. The van der Waals surface area contributed by atoms with Gasteiger partial charge in [0.25, 0.3) is 0 Å². The molecule has 0 saturated heterocycles. The average Bonchev–Trinajstić information content (AvgIpc) is 2.73. The van der Waals surface area contributed by atoms with Crippen LogP contribution >= 0.6 is 0 Å². The molecule has 0 aliphatic rings. The van der Waals surface area contributed by atoms with Gasteiger partial charge < -0.3 is 20.3 Å². The summed E-state index contributed by atoms with van der Waals surface area (Å²) >= 11 is 0. The minimum atomic E-state index is -0.332. The second-order valence-electron chi connectivity index (χ2n) is 7.06. The summed E-state index contributed by atoms with van der Waals surface area (Å²) in [6.45, 7) is 3.90. The molecule has 2 N–H and O–H groups in total. The van der Waals surface area contributed by atoms with E-state index in [1.165, 1.54) is 0 Å². The van der Waals surface area contributed by atoms with Crippen molar-refractivity contribution in [3.8, 4) is 11.1 Å². The van der Waals surface area contributed by atoms with E-state index < -0.39 is 0 Å². The van der Waals surface area contributed by atoms with Crippen molar-refractivity contribution in [3.63, 3.8) is 0 Å². The number of amides is 1. The number of carbonyl (C=O) groups is 2. The molecule has 6 nitrogen and oxygen atoms in total. The molecule has 2 rings (SSSR count). The number of esters is 1. The van der Waals surface area contributed by atoms with Crippen LogP contribution in [0.2, 0.25) is 0 Å². The van der Waals surface area contributed by atoms with Gasteiger partial charge in [0.15, 0.2) is 0 Å². The van der Waals surface area contributed by atoms with Crippen LogP contribution < -0.4 is 34.9 Å². The Morgan fingerprint density at radius 3 is 2.23 bits per heavy atom. The van der Waals surface area contributed by atoms with Gasteiger partial charge in [-0.2, -0.15) is 0 Å². The zero-order chi connectivity index (χ0) is 21.1. The number of hydrogen-bond acceptors (Lipinski definition) is 5. The van der Waals surface area contributed by atoms with Crippen LogP contribution in [0.3, 0.4) is 0 Å². The summed E-state index contributed by atoms with van der Waals surface area (Å²) in [6.07, 6.45) is 2.96. The molecule has 31 heavy (non-hydrogen) atoms. The molecular weight excluding hydrogens is 405 g/mol. The first-order valence-electron chi connectivity index (χ1n) is 9.98. The molecule has 2 aromatic rings. The van der Waals surface area contributed by atoms with Gasteiger partial charge >= 0.3 is 35.5 Å². The first kappa shape index (κ1) is 29.0. The van der Waals surface area contributed by atoms with Crippen molar-refractivity contribution < 1.29 is 54.2 Å². The van der Waals surface area contributed by atoms with E-state index in [1.54, 1.807) is 20.1 Å². The summed E-state index contributed by atoms with van der Waals surface area (Å²) in [6, 6.07) is 18.1. The predicted octanol–water partition coefficient (Wildman–Crippen LogP) is 0.687. The van der Waals surface area contributed by atoms with E-state index in [0.717, 1.165) is 16.7 Å². The van der Waals surface area contributed by atoms with Crippen LogP contribution in [0.4, 0.5) is 0 Å². The Morgan fingerprint density at radius 1 is 1.03 bits per heavy atom. The molecule has 0 aliphatic heterocycles. The molecule has 7 heteroatoms. The van der Waals surface area contributed by atoms with Crippen molar-refractivity contribution >= 4 is 18.2 Å². The minimum absolute atomic E-state index is 0. The first-order valence-corrected chi connectivity index (χ1v) is 9.98. The summed E-state index contributed by atoms with van der Waals surface area (Å²) in [5.41, 5.74) is 3.33.